The van der Waals surface area contributed by atoms with Crippen molar-refractivity contribution in [1.82, 2.24) is 4.90 Å². The second-order valence-electron chi connectivity index (χ2n) is 8.97. The maximum atomic E-state index is 12.9. The largest absolute Gasteiger partial charge is 0.478 e. The minimum absolute atomic E-state index is 0.0664. The van der Waals surface area contributed by atoms with Gasteiger partial charge in [-0.25, -0.2) is 13.2 Å². The van der Waals surface area contributed by atoms with E-state index in [4.69, 9.17) is 11.6 Å². The Labute approximate surface area is 200 Å². The van der Waals surface area contributed by atoms with Crippen molar-refractivity contribution in [2.75, 3.05) is 42.3 Å². The highest BCUT2D eigenvalue weighted by atomic mass is 35.5. The minimum atomic E-state index is -3.92. The Kier molecular flexibility index (Phi) is 7.16. The van der Waals surface area contributed by atoms with Crippen molar-refractivity contribution in [2.45, 2.75) is 37.5 Å². The summed E-state index contributed by atoms with van der Waals surface area (Å²) in [5.41, 5.74) is 1.38. The third-order valence-electron chi connectivity index (χ3n) is 6.56. The van der Waals surface area contributed by atoms with Gasteiger partial charge in [0.2, 0.25) is 0 Å². The van der Waals surface area contributed by atoms with E-state index < -0.39 is 16.0 Å². The zero-order valence-electron chi connectivity index (χ0n) is 18.8. The predicted molar refractivity (Wildman–Crippen MR) is 131 cm³/mol. The molecule has 1 atom stereocenters. The van der Waals surface area contributed by atoms with Crippen LogP contribution in [-0.2, 0) is 10.0 Å². The Morgan fingerprint density at radius 2 is 1.91 bits per heavy atom. The topological polar surface area (TPSA) is 90.0 Å². The molecule has 2 heterocycles. The van der Waals surface area contributed by atoms with Gasteiger partial charge < -0.3 is 14.9 Å². The summed E-state index contributed by atoms with van der Waals surface area (Å²) in [6, 6.07) is 9.42. The molecule has 2 N–H and O–H groups in total. The van der Waals surface area contributed by atoms with E-state index >= 15 is 0 Å². The number of sulfonamides is 1. The second-order valence-corrected chi connectivity index (χ2v) is 11.0. The number of likely N-dealkylation sites (tertiary alicyclic amines) is 1. The van der Waals surface area contributed by atoms with Gasteiger partial charge in [-0.05, 0) is 87.5 Å². The average Bonchev–Trinajstić information content (AvgIpc) is 3.28. The number of halogens is 1. The first kappa shape index (κ1) is 23.9. The second kappa shape index (κ2) is 9.91. The minimum Gasteiger partial charge on any atom is -0.478 e. The van der Waals surface area contributed by atoms with E-state index in [0.717, 1.165) is 45.6 Å². The van der Waals surface area contributed by atoms with Crippen molar-refractivity contribution in [3.8, 4) is 0 Å². The van der Waals surface area contributed by atoms with Crippen molar-refractivity contribution in [2.24, 2.45) is 5.92 Å². The maximum absolute atomic E-state index is 12.9. The molecule has 178 valence electrons. The van der Waals surface area contributed by atoms with Crippen molar-refractivity contribution < 1.29 is 18.3 Å². The quantitative estimate of drug-likeness (QED) is 0.594. The van der Waals surface area contributed by atoms with Crippen molar-refractivity contribution in [1.29, 1.82) is 0 Å². The van der Waals surface area contributed by atoms with Crippen molar-refractivity contribution >= 4 is 39.0 Å². The molecule has 9 heteroatoms. The van der Waals surface area contributed by atoms with Gasteiger partial charge in [-0.15, -0.1) is 0 Å². The number of rotatable bonds is 7. The molecule has 7 nitrogen and oxygen atoms in total. The number of hydrogen-bond acceptors (Lipinski definition) is 5. The maximum Gasteiger partial charge on any atom is 0.337 e. The lowest BCUT2D eigenvalue weighted by Crippen LogP contribution is -2.41. The van der Waals surface area contributed by atoms with Crippen LogP contribution in [0.3, 0.4) is 0 Å². The van der Waals surface area contributed by atoms with Crippen LogP contribution in [0.25, 0.3) is 0 Å². The number of nitrogens with zero attached hydrogens (tertiary/aromatic N) is 2. The summed E-state index contributed by atoms with van der Waals surface area (Å²) in [6.07, 6.45) is 4.67. The fraction of sp³-hybridized carbons (Fsp3) is 0.458. The summed E-state index contributed by atoms with van der Waals surface area (Å²) in [5, 5.41) is 10.2. The highest BCUT2D eigenvalue weighted by molar-refractivity contribution is 7.92. The van der Waals surface area contributed by atoms with Crippen molar-refractivity contribution in [3.05, 3.63) is 52.5 Å². The lowest BCUT2D eigenvalue weighted by atomic mass is 9.96. The number of piperidine rings is 1. The first-order chi connectivity index (χ1) is 15.7. The number of carboxylic acids is 1. The molecule has 2 aromatic carbocycles. The van der Waals surface area contributed by atoms with E-state index in [0.29, 0.717) is 22.2 Å². The monoisotopic (exact) mass is 491 g/mol. The molecule has 33 heavy (non-hydrogen) atoms. The number of carboxylic acid groups (broad SMARTS) is 1. The molecule has 0 unspecified atom stereocenters. The third kappa shape index (κ3) is 5.45. The van der Waals surface area contributed by atoms with Crippen molar-refractivity contribution in [3.63, 3.8) is 0 Å². The molecule has 0 radical (unpaired) electrons. The van der Waals surface area contributed by atoms with Gasteiger partial charge in [-0.1, -0.05) is 17.7 Å². The Hall–Kier alpha value is -2.29. The lowest BCUT2D eigenvalue weighted by molar-refractivity contribution is 0.0697. The van der Waals surface area contributed by atoms with Gasteiger partial charge in [0.25, 0.3) is 10.0 Å². The van der Waals surface area contributed by atoms with Crippen LogP contribution in [0.5, 0.6) is 0 Å². The molecule has 2 saturated heterocycles. The van der Waals surface area contributed by atoms with Gasteiger partial charge in [0, 0.05) is 30.3 Å². The molecule has 2 aromatic rings. The standard InChI is InChI=1S/C24H30ClN3O4S/c1-17-21(25)7-4-8-23(17)33(31,32)26-19-9-10-22(20(14-19)24(29)30)28-13-5-6-18(16-28)15-27-11-2-3-12-27/h4,7-10,14,18,26H,2-3,5-6,11-13,15-16H2,1H3,(H,29,30)/t18-/m0/s1. The van der Waals surface area contributed by atoms with Gasteiger partial charge in [0.1, 0.15) is 0 Å². The Balaban J connectivity index is 1.55. The van der Waals surface area contributed by atoms with Gasteiger partial charge in [0.05, 0.1) is 16.1 Å². The number of carbonyl (C=O) groups is 1. The number of nitrogens with one attached hydrogen (secondary N) is 1. The third-order valence-corrected chi connectivity index (χ3v) is 8.50. The molecule has 0 bridgehead atoms. The van der Waals surface area contributed by atoms with Gasteiger partial charge in [-0.3, -0.25) is 4.72 Å². The fourth-order valence-electron chi connectivity index (χ4n) is 4.90. The van der Waals surface area contributed by atoms with E-state index in [1.54, 1.807) is 31.2 Å². The Bertz CT molecular complexity index is 1130. The number of aromatic carboxylic acids is 1. The number of anilines is 2. The van der Waals surface area contributed by atoms with E-state index in [1.807, 2.05) is 0 Å². The molecule has 4 rings (SSSR count). The molecule has 2 aliphatic rings. The predicted octanol–water partition coefficient (Wildman–Crippen LogP) is 4.46. The molecule has 0 amide bonds. The van der Waals surface area contributed by atoms with E-state index in [2.05, 4.69) is 14.5 Å². The Morgan fingerprint density at radius 3 is 2.64 bits per heavy atom. The molecular formula is C24H30ClN3O4S. The molecule has 0 saturated carbocycles. The molecular weight excluding hydrogens is 462 g/mol. The average molecular weight is 492 g/mol. The van der Waals surface area contributed by atoms with Crippen LogP contribution in [0.15, 0.2) is 41.3 Å². The van der Waals surface area contributed by atoms with Crippen LogP contribution >= 0.6 is 11.6 Å². The zero-order valence-corrected chi connectivity index (χ0v) is 20.3. The number of benzene rings is 2. The van der Waals surface area contributed by atoms with E-state index in [-0.39, 0.29) is 16.1 Å². The molecule has 2 aliphatic heterocycles. The van der Waals surface area contributed by atoms with Crippen LogP contribution in [0.2, 0.25) is 5.02 Å². The Morgan fingerprint density at radius 1 is 1.15 bits per heavy atom. The molecule has 2 fully saturated rings. The van der Waals surface area contributed by atoms with Crippen LogP contribution < -0.4 is 9.62 Å². The zero-order chi connectivity index (χ0) is 23.6. The van der Waals surface area contributed by atoms with E-state index in [9.17, 15) is 18.3 Å². The smallest absolute Gasteiger partial charge is 0.337 e. The molecule has 0 aliphatic carbocycles. The van der Waals surface area contributed by atoms with Gasteiger partial charge in [0.15, 0.2) is 0 Å². The molecule has 0 aromatic heterocycles. The summed E-state index contributed by atoms with van der Waals surface area (Å²) in [5.74, 6) is -0.575. The summed E-state index contributed by atoms with van der Waals surface area (Å²) in [4.78, 5) is 16.8. The van der Waals surface area contributed by atoms with Crippen LogP contribution in [0.1, 0.15) is 41.6 Å². The normalized spacial score (nSPS) is 19.6. The SMILES string of the molecule is Cc1c(Cl)cccc1S(=O)(=O)Nc1ccc(N2CCC[C@@H](CN3CCCC3)C2)c(C(=O)O)c1. The summed E-state index contributed by atoms with van der Waals surface area (Å²) >= 11 is 6.08. The van der Waals surface area contributed by atoms with Gasteiger partial charge >= 0.3 is 5.97 Å². The number of hydrogen-bond donors (Lipinski definition) is 2. The first-order valence-electron chi connectivity index (χ1n) is 11.4. The van der Waals surface area contributed by atoms with Crippen LogP contribution in [0.4, 0.5) is 11.4 Å². The lowest BCUT2D eigenvalue weighted by Gasteiger charge is -2.36. The summed E-state index contributed by atoms with van der Waals surface area (Å²) in [7, 11) is -3.92. The highest BCUT2D eigenvalue weighted by Gasteiger charge is 2.27. The van der Waals surface area contributed by atoms with Crippen LogP contribution in [-0.4, -0.2) is 57.1 Å². The van der Waals surface area contributed by atoms with Gasteiger partial charge in [-0.2, -0.15) is 0 Å². The van der Waals surface area contributed by atoms with E-state index in [1.165, 1.54) is 25.0 Å². The summed E-state index contributed by atoms with van der Waals surface area (Å²) in [6.45, 7) is 6.59. The fourth-order valence-corrected chi connectivity index (χ4v) is 6.45. The van der Waals surface area contributed by atoms with Crippen LogP contribution in [0, 0.1) is 12.8 Å². The summed E-state index contributed by atoms with van der Waals surface area (Å²) < 4.78 is 28.3. The highest BCUT2D eigenvalue weighted by Crippen LogP contribution is 2.31. The molecule has 0 spiro atoms. The first-order valence-corrected chi connectivity index (χ1v) is 13.2.